The Balaban J connectivity index is 3.42. The summed E-state index contributed by atoms with van der Waals surface area (Å²) >= 11 is 12.6. The fraction of sp³-hybridized carbons (Fsp3) is 0.455. The molecule has 0 aliphatic heterocycles. The van der Waals surface area contributed by atoms with Gasteiger partial charge in [0.25, 0.3) is 0 Å². The molecule has 1 aromatic rings. The number of hydrogen-bond acceptors (Lipinski definition) is 5. The second-order valence-corrected chi connectivity index (χ2v) is 6.46. The maximum Gasteiger partial charge on any atom is 0.235 e. The Bertz CT molecular complexity index is 508. The standard InChI is InChI=1S/C11H15Br2ClN2O4/c1-15(3-4-17)5-6-7(12)11(18)8(13)10(9(6)14)16(2,19)20/h17,19-20H,3-5H2,1-2H3/p+1. The van der Waals surface area contributed by atoms with E-state index < -0.39 is 4.81 Å². The van der Waals surface area contributed by atoms with Gasteiger partial charge in [0, 0.05) is 18.7 Å². The van der Waals surface area contributed by atoms with Gasteiger partial charge in [0.1, 0.15) is 16.5 Å². The number of hydrogen-bond donors (Lipinski definition) is 4. The van der Waals surface area contributed by atoms with Crippen molar-refractivity contribution < 1.29 is 20.6 Å². The molecule has 0 atom stereocenters. The van der Waals surface area contributed by atoms with E-state index in [0.29, 0.717) is 23.1 Å². The van der Waals surface area contributed by atoms with Crippen molar-refractivity contribution in [3.63, 3.8) is 0 Å². The number of likely N-dealkylation sites (N-methyl/N-ethyl adjacent to an activating group) is 1. The zero-order chi connectivity index (χ0) is 15.7. The topological polar surface area (TPSA) is 84.2 Å². The van der Waals surface area contributed by atoms with Gasteiger partial charge in [-0.25, -0.2) is 0 Å². The van der Waals surface area contributed by atoms with Crippen molar-refractivity contribution in [1.29, 1.82) is 0 Å². The lowest BCUT2D eigenvalue weighted by Crippen LogP contribution is -2.37. The minimum atomic E-state index is -1.52. The molecule has 4 N–H and O–H groups in total. The van der Waals surface area contributed by atoms with E-state index in [-0.39, 0.29) is 27.5 Å². The van der Waals surface area contributed by atoms with Crippen LogP contribution >= 0.6 is 43.5 Å². The van der Waals surface area contributed by atoms with Gasteiger partial charge in [-0.3, -0.25) is 4.90 Å². The van der Waals surface area contributed by atoms with Crippen LogP contribution < -0.4 is 4.81 Å². The molecule has 0 aliphatic rings. The minimum Gasteiger partial charge on any atom is -0.505 e. The zero-order valence-corrected chi connectivity index (χ0v) is 14.9. The van der Waals surface area contributed by atoms with Gasteiger partial charge in [0.2, 0.25) is 5.69 Å². The third-order valence-electron chi connectivity index (χ3n) is 2.69. The van der Waals surface area contributed by atoms with Gasteiger partial charge in [0.05, 0.1) is 11.1 Å². The first kappa shape index (κ1) is 18.1. The lowest BCUT2D eigenvalue weighted by Gasteiger charge is -2.23. The maximum atomic E-state index is 10.0. The molecule has 1 rings (SSSR count). The Morgan fingerprint density at radius 1 is 1.25 bits per heavy atom. The highest BCUT2D eigenvalue weighted by molar-refractivity contribution is 9.11. The molecule has 0 aromatic heterocycles. The molecule has 0 spiro atoms. The van der Waals surface area contributed by atoms with Crippen molar-refractivity contribution in [3.05, 3.63) is 19.5 Å². The van der Waals surface area contributed by atoms with Gasteiger partial charge in [-0.15, -0.1) is 0 Å². The number of aromatic hydroxyl groups is 1. The summed E-state index contributed by atoms with van der Waals surface area (Å²) in [5.41, 5.74) is 0.422. The van der Waals surface area contributed by atoms with Gasteiger partial charge in [-0.2, -0.15) is 10.4 Å². The van der Waals surface area contributed by atoms with Crippen LogP contribution in [0.25, 0.3) is 0 Å². The number of nitrogens with zero attached hydrogens (tertiary/aromatic N) is 2. The SMILES string of the molecule is CN(CCO)Cc1c(Cl)c([N+](C)(O)O)c(Br)c(O)c1Br. The van der Waals surface area contributed by atoms with E-state index in [4.69, 9.17) is 16.7 Å². The summed E-state index contributed by atoms with van der Waals surface area (Å²) in [5, 5.41) is 38.5. The Labute approximate surface area is 138 Å². The smallest absolute Gasteiger partial charge is 0.235 e. The molecular weight excluding hydrogens is 419 g/mol. The number of phenols is 1. The Morgan fingerprint density at radius 2 is 1.80 bits per heavy atom. The quantitative estimate of drug-likeness (QED) is 0.422. The number of hydroxylamine groups is 2. The number of rotatable bonds is 5. The van der Waals surface area contributed by atoms with E-state index in [1.807, 2.05) is 0 Å². The van der Waals surface area contributed by atoms with Crippen molar-refractivity contribution in [2.24, 2.45) is 0 Å². The zero-order valence-electron chi connectivity index (χ0n) is 10.9. The van der Waals surface area contributed by atoms with E-state index in [1.54, 1.807) is 11.9 Å². The molecule has 0 radical (unpaired) electrons. The molecule has 0 heterocycles. The summed E-state index contributed by atoms with van der Waals surface area (Å²) in [7, 11) is 2.87. The second-order valence-electron chi connectivity index (χ2n) is 4.49. The summed E-state index contributed by atoms with van der Waals surface area (Å²) in [4.78, 5) is 0.263. The van der Waals surface area contributed by atoms with Crippen LogP contribution in [0.1, 0.15) is 5.56 Å². The van der Waals surface area contributed by atoms with E-state index >= 15 is 0 Å². The average Bonchev–Trinajstić information content (AvgIpc) is 2.31. The van der Waals surface area contributed by atoms with Crippen LogP contribution in [-0.4, -0.2) is 52.8 Å². The third-order valence-corrected chi connectivity index (χ3v) is 4.71. The highest BCUT2D eigenvalue weighted by atomic mass is 79.9. The number of quaternary nitrogens is 1. The summed E-state index contributed by atoms with van der Waals surface area (Å²) in [6, 6.07) is 0. The molecular formula is C11H16Br2ClN2O4+. The van der Waals surface area contributed by atoms with E-state index in [1.165, 1.54) is 0 Å². The third kappa shape index (κ3) is 3.83. The van der Waals surface area contributed by atoms with Gasteiger partial charge in [-0.1, -0.05) is 11.6 Å². The molecule has 0 amide bonds. The molecule has 0 saturated carbocycles. The molecule has 0 aliphatic carbocycles. The first-order chi connectivity index (χ1) is 9.11. The molecule has 9 heteroatoms. The summed E-state index contributed by atoms with van der Waals surface area (Å²) in [6.07, 6.45) is 0. The molecule has 0 unspecified atom stereocenters. The first-order valence-electron chi connectivity index (χ1n) is 5.61. The van der Waals surface area contributed by atoms with Gasteiger partial charge in [-0.05, 0) is 43.7 Å². The number of halogens is 3. The molecule has 6 nitrogen and oxygen atoms in total. The summed E-state index contributed by atoms with van der Waals surface area (Å²) in [5.74, 6) is -0.177. The Kier molecular flexibility index (Phi) is 6.24. The summed E-state index contributed by atoms with van der Waals surface area (Å²) < 4.78 is 0.451. The molecule has 0 bridgehead atoms. The van der Waals surface area contributed by atoms with Gasteiger partial charge in [0.15, 0.2) is 5.75 Å². The molecule has 0 fully saturated rings. The van der Waals surface area contributed by atoms with Crippen LogP contribution in [0.4, 0.5) is 5.69 Å². The van der Waals surface area contributed by atoms with Gasteiger partial charge < -0.3 is 10.2 Å². The normalized spacial score (nSPS) is 12.2. The predicted octanol–water partition coefficient (Wildman–Crippen LogP) is 2.71. The number of aliphatic hydroxyl groups excluding tert-OH is 1. The molecule has 114 valence electrons. The van der Waals surface area contributed by atoms with Crippen molar-refractivity contribution in [1.82, 2.24) is 9.71 Å². The van der Waals surface area contributed by atoms with Crippen molar-refractivity contribution in [3.8, 4) is 5.75 Å². The van der Waals surface area contributed by atoms with Gasteiger partial charge >= 0.3 is 0 Å². The van der Waals surface area contributed by atoms with E-state index in [2.05, 4.69) is 31.9 Å². The Hall–Kier alpha value is 0.0700. The molecule has 1 aromatic carbocycles. The van der Waals surface area contributed by atoms with E-state index in [9.17, 15) is 15.5 Å². The Morgan fingerprint density at radius 3 is 2.25 bits per heavy atom. The maximum absolute atomic E-state index is 10.0. The number of benzene rings is 1. The molecule has 0 saturated heterocycles. The molecule has 20 heavy (non-hydrogen) atoms. The second kappa shape index (κ2) is 6.89. The number of phenolic OH excluding ortho intramolecular Hbond substituents is 1. The van der Waals surface area contributed by atoms with Crippen molar-refractivity contribution >= 4 is 49.1 Å². The van der Waals surface area contributed by atoms with Crippen LogP contribution in [-0.2, 0) is 6.54 Å². The van der Waals surface area contributed by atoms with Crippen LogP contribution in [0.2, 0.25) is 5.02 Å². The van der Waals surface area contributed by atoms with Crippen molar-refractivity contribution in [2.45, 2.75) is 6.54 Å². The lowest BCUT2D eigenvalue weighted by molar-refractivity contribution is -0.272. The minimum absolute atomic E-state index is 0.0190. The average molecular weight is 436 g/mol. The monoisotopic (exact) mass is 433 g/mol. The first-order valence-corrected chi connectivity index (χ1v) is 7.57. The number of aliphatic hydroxyl groups is 1. The van der Waals surface area contributed by atoms with Crippen LogP contribution in [0, 0.1) is 0 Å². The fourth-order valence-electron chi connectivity index (χ4n) is 1.72. The predicted molar refractivity (Wildman–Crippen MR) is 83.2 cm³/mol. The van der Waals surface area contributed by atoms with Crippen LogP contribution in [0.3, 0.4) is 0 Å². The largest absolute Gasteiger partial charge is 0.505 e. The summed E-state index contributed by atoms with van der Waals surface area (Å²) in [6.45, 7) is 0.710. The van der Waals surface area contributed by atoms with Crippen LogP contribution in [0.15, 0.2) is 8.95 Å². The van der Waals surface area contributed by atoms with Crippen molar-refractivity contribution in [2.75, 3.05) is 27.2 Å². The lowest BCUT2D eigenvalue weighted by atomic mass is 10.1. The fourth-order valence-corrected chi connectivity index (χ4v) is 3.87. The van der Waals surface area contributed by atoms with E-state index in [0.717, 1.165) is 7.05 Å². The van der Waals surface area contributed by atoms with Crippen LogP contribution in [0.5, 0.6) is 5.75 Å². The highest BCUT2D eigenvalue weighted by Crippen LogP contribution is 2.48. The highest BCUT2D eigenvalue weighted by Gasteiger charge is 2.33.